The third-order valence-electron chi connectivity index (χ3n) is 3.87. The topological polar surface area (TPSA) is 85.2 Å². The van der Waals surface area contributed by atoms with E-state index in [-0.39, 0.29) is 27.0 Å². The van der Waals surface area contributed by atoms with Crippen LogP contribution in [0.1, 0.15) is 48.0 Å². The van der Waals surface area contributed by atoms with Crippen LogP contribution < -0.4 is 0 Å². The van der Waals surface area contributed by atoms with Gasteiger partial charge in [-0.15, -0.1) is 0 Å². The molecule has 0 aromatic carbocycles. The van der Waals surface area contributed by atoms with E-state index in [1.54, 1.807) is 0 Å². The Kier molecular flexibility index (Phi) is 16.6. The van der Waals surface area contributed by atoms with E-state index in [0.29, 0.717) is 6.61 Å². The van der Waals surface area contributed by atoms with Gasteiger partial charge in [0.1, 0.15) is 13.2 Å². The van der Waals surface area contributed by atoms with Gasteiger partial charge < -0.3 is 23.8 Å². The van der Waals surface area contributed by atoms with Crippen LogP contribution in [0.15, 0.2) is 12.2 Å². The Morgan fingerprint density at radius 2 is 1.50 bits per heavy atom. The number of aliphatic hydroxyl groups is 2. The van der Waals surface area contributed by atoms with Crippen molar-refractivity contribution in [2.45, 2.75) is 92.0 Å². The summed E-state index contributed by atoms with van der Waals surface area (Å²) in [5.41, 5.74) is 0.208. The van der Waals surface area contributed by atoms with E-state index in [0.717, 1.165) is 12.5 Å². The van der Waals surface area contributed by atoms with Crippen LogP contribution >= 0.6 is 0 Å². The van der Waals surface area contributed by atoms with Gasteiger partial charge in [0, 0.05) is 12.2 Å². The molecule has 0 fully saturated rings. The van der Waals surface area contributed by atoms with E-state index in [9.17, 15) is 15.0 Å². The molecule has 0 atom stereocenters. The van der Waals surface area contributed by atoms with Crippen LogP contribution in [-0.2, 0) is 18.4 Å². The highest BCUT2D eigenvalue weighted by molar-refractivity contribution is 6.84. The molecule has 0 bridgehead atoms. The Hall–Kier alpha value is -0.516. The minimum atomic E-state index is -2.19. The second-order valence-corrected chi connectivity index (χ2v) is 17.1. The van der Waals surface area contributed by atoms with Crippen molar-refractivity contribution in [3.63, 3.8) is 0 Å². The summed E-state index contributed by atoms with van der Waals surface area (Å²) >= 11 is 0. The minimum absolute atomic E-state index is 0. The van der Waals surface area contributed by atoms with Crippen molar-refractivity contribution < 1.29 is 28.6 Å². The summed E-state index contributed by atoms with van der Waals surface area (Å²) < 4.78 is 16.6. The molecular formula is C20H46O6Si2. The lowest BCUT2D eigenvalue weighted by Crippen LogP contribution is -2.44. The van der Waals surface area contributed by atoms with Gasteiger partial charge in [-0.1, -0.05) is 41.2 Å². The zero-order valence-corrected chi connectivity index (χ0v) is 19.4. The first-order chi connectivity index (χ1) is 11.8. The smallest absolute Gasteiger partial charge is 0.333 e. The lowest BCUT2D eigenvalue weighted by atomic mass is 10.3. The molecule has 0 amide bonds. The third kappa shape index (κ3) is 16.4. The standard InChI is InChI=1S/C18H38O6Si2.2CH4/c1-8-9-12-25(4,5)24-26(6,7)13-10-11-22-14-18(20,21)15-23-17(19)16(2)3;;/h20-21H,2,8-15H2,1,3-7H3;2*1H4. The summed E-state index contributed by atoms with van der Waals surface area (Å²) in [6.45, 7) is 15.7. The second kappa shape index (κ2) is 14.5. The molecule has 28 heavy (non-hydrogen) atoms. The maximum absolute atomic E-state index is 11.3. The van der Waals surface area contributed by atoms with Crippen molar-refractivity contribution in [3.8, 4) is 0 Å². The number of hydrogen-bond acceptors (Lipinski definition) is 6. The number of rotatable bonds is 14. The van der Waals surface area contributed by atoms with Gasteiger partial charge in [0.15, 0.2) is 16.6 Å². The van der Waals surface area contributed by atoms with Gasteiger partial charge >= 0.3 is 5.97 Å². The zero-order chi connectivity index (χ0) is 20.4. The number of carbonyl (C=O) groups is 1. The molecule has 170 valence electrons. The Bertz CT molecular complexity index is 450. The third-order valence-corrected chi connectivity index (χ3v) is 11.4. The molecule has 0 aromatic heterocycles. The molecule has 0 aromatic rings. The van der Waals surface area contributed by atoms with Crippen molar-refractivity contribution in [1.82, 2.24) is 0 Å². The molecule has 0 saturated carbocycles. The average Bonchev–Trinajstić information content (AvgIpc) is 2.49. The van der Waals surface area contributed by atoms with Gasteiger partial charge in [-0.2, -0.15) is 0 Å². The number of esters is 1. The summed E-state index contributed by atoms with van der Waals surface area (Å²) in [5.74, 6) is -2.85. The van der Waals surface area contributed by atoms with Crippen molar-refractivity contribution >= 4 is 22.6 Å². The molecule has 0 aliphatic rings. The molecule has 0 heterocycles. The molecule has 0 rings (SSSR count). The monoisotopic (exact) mass is 438 g/mol. The van der Waals surface area contributed by atoms with Crippen molar-refractivity contribution in [2.24, 2.45) is 0 Å². The highest BCUT2D eigenvalue weighted by Gasteiger charge is 2.32. The Morgan fingerprint density at radius 1 is 1.00 bits per heavy atom. The number of hydrogen-bond donors (Lipinski definition) is 2. The summed E-state index contributed by atoms with van der Waals surface area (Å²) in [7, 11) is -3.35. The van der Waals surface area contributed by atoms with E-state index in [1.165, 1.54) is 25.8 Å². The number of unbranched alkanes of at least 4 members (excludes halogenated alkanes) is 1. The molecule has 0 spiro atoms. The second-order valence-electron chi connectivity index (χ2n) is 8.22. The lowest BCUT2D eigenvalue weighted by molar-refractivity contribution is -0.225. The van der Waals surface area contributed by atoms with E-state index >= 15 is 0 Å². The first-order valence-electron chi connectivity index (χ1n) is 9.35. The van der Waals surface area contributed by atoms with Crippen LogP contribution in [0.2, 0.25) is 38.3 Å². The fraction of sp³-hybridized carbons (Fsp3) is 0.850. The fourth-order valence-electron chi connectivity index (χ4n) is 2.63. The molecule has 0 aliphatic heterocycles. The van der Waals surface area contributed by atoms with Gasteiger partial charge in [-0.3, -0.25) is 0 Å². The fourth-order valence-corrected chi connectivity index (χ4v) is 11.6. The van der Waals surface area contributed by atoms with Crippen molar-refractivity contribution in [3.05, 3.63) is 12.2 Å². The van der Waals surface area contributed by atoms with Gasteiger partial charge in [0.25, 0.3) is 0 Å². The number of carbonyl (C=O) groups excluding carboxylic acids is 1. The van der Waals surface area contributed by atoms with Crippen LogP contribution in [0, 0.1) is 0 Å². The largest absolute Gasteiger partial charge is 0.457 e. The molecule has 0 radical (unpaired) electrons. The molecule has 0 unspecified atom stereocenters. The highest BCUT2D eigenvalue weighted by Crippen LogP contribution is 2.24. The molecule has 2 N–H and O–H groups in total. The minimum Gasteiger partial charge on any atom is -0.457 e. The Labute approximate surface area is 175 Å². The summed E-state index contributed by atoms with van der Waals surface area (Å²) in [6, 6.07) is 2.15. The summed E-state index contributed by atoms with van der Waals surface area (Å²) in [4.78, 5) is 11.3. The molecule has 6 nitrogen and oxygen atoms in total. The Balaban J connectivity index is -0.00000312. The first kappa shape index (κ1) is 32.2. The molecule has 0 saturated heterocycles. The van der Waals surface area contributed by atoms with Crippen molar-refractivity contribution in [1.29, 1.82) is 0 Å². The molecular weight excluding hydrogens is 392 g/mol. The Morgan fingerprint density at radius 3 is 1.96 bits per heavy atom. The normalized spacial score (nSPS) is 12.0. The summed E-state index contributed by atoms with van der Waals surface area (Å²) in [6.07, 6.45) is 3.22. The van der Waals surface area contributed by atoms with E-state index in [2.05, 4.69) is 39.7 Å². The first-order valence-corrected chi connectivity index (χ1v) is 15.6. The van der Waals surface area contributed by atoms with Crippen LogP contribution in [0.25, 0.3) is 0 Å². The van der Waals surface area contributed by atoms with Gasteiger partial charge in [0.2, 0.25) is 5.79 Å². The summed E-state index contributed by atoms with van der Waals surface area (Å²) in [5, 5.41) is 19.5. The maximum atomic E-state index is 11.3. The highest BCUT2D eigenvalue weighted by atomic mass is 28.4. The number of ether oxygens (including phenoxy) is 2. The van der Waals surface area contributed by atoms with E-state index in [1.807, 2.05) is 0 Å². The van der Waals surface area contributed by atoms with Gasteiger partial charge in [0.05, 0.1) is 0 Å². The quantitative estimate of drug-likeness (QED) is 0.134. The van der Waals surface area contributed by atoms with Crippen LogP contribution in [0.4, 0.5) is 0 Å². The molecule has 8 heteroatoms. The van der Waals surface area contributed by atoms with E-state index < -0.39 is 35.0 Å². The van der Waals surface area contributed by atoms with Crippen LogP contribution in [0.5, 0.6) is 0 Å². The SMILES string of the molecule is C.C.C=C(C)C(=O)OCC(O)(O)COCCC[Si](C)(C)O[Si](C)(C)CCCC. The predicted molar refractivity (Wildman–Crippen MR) is 122 cm³/mol. The van der Waals surface area contributed by atoms with Crippen LogP contribution in [0.3, 0.4) is 0 Å². The van der Waals surface area contributed by atoms with E-state index in [4.69, 9.17) is 13.6 Å². The zero-order valence-electron chi connectivity index (χ0n) is 17.4. The van der Waals surface area contributed by atoms with Gasteiger partial charge in [-0.05, 0) is 51.6 Å². The van der Waals surface area contributed by atoms with Crippen LogP contribution in [-0.4, -0.2) is 58.4 Å². The van der Waals surface area contributed by atoms with Gasteiger partial charge in [-0.25, -0.2) is 4.79 Å². The maximum Gasteiger partial charge on any atom is 0.333 e. The average molecular weight is 439 g/mol. The molecule has 0 aliphatic carbocycles. The predicted octanol–water partition coefficient (Wildman–Crippen LogP) is 4.69. The van der Waals surface area contributed by atoms with Crippen molar-refractivity contribution in [2.75, 3.05) is 19.8 Å². The lowest BCUT2D eigenvalue weighted by Gasteiger charge is -2.34.